The van der Waals surface area contributed by atoms with Crippen molar-refractivity contribution >= 4 is 13.9 Å². The van der Waals surface area contributed by atoms with E-state index in [1.807, 2.05) is 19.1 Å². The fourth-order valence-corrected chi connectivity index (χ4v) is 0.571. The van der Waals surface area contributed by atoms with E-state index in [4.69, 9.17) is 7.98 Å². The molecule has 0 unspecified atom stereocenters. The number of hydrogen-bond donors (Lipinski definition) is 1. The quantitative estimate of drug-likeness (QED) is 0.623. The lowest BCUT2D eigenvalue weighted by Crippen LogP contribution is -2.20. The highest BCUT2D eigenvalue weighted by atomic mass is 16.1. The Bertz CT molecular complexity index is 226. The molecule has 0 spiro atoms. The minimum absolute atomic E-state index is 0.324. The van der Waals surface area contributed by atoms with E-state index in [-0.39, 0.29) is 5.91 Å². The molecule has 1 aromatic heterocycles. The molecule has 3 nitrogen and oxygen atoms in total. The van der Waals surface area contributed by atoms with Crippen molar-refractivity contribution in [3.63, 3.8) is 0 Å². The molecule has 62 valence electrons. The molecule has 2 radical (unpaired) electrons. The van der Waals surface area contributed by atoms with Crippen molar-refractivity contribution < 1.29 is 4.79 Å². The molecule has 0 saturated carbocycles. The lowest BCUT2D eigenvalue weighted by Gasteiger charge is -1.95. The van der Waals surface area contributed by atoms with E-state index in [2.05, 4.69) is 4.98 Å². The number of hydrogen-bond acceptors (Lipinski definition) is 2. The van der Waals surface area contributed by atoms with Gasteiger partial charge in [0.05, 0.1) is 0 Å². The summed E-state index contributed by atoms with van der Waals surface area (Å²) >= 11 is 0. The summed E-state index contributed by atoms with van der Waals surface area (Å²) in [6.45, 7) is 4.00. The lowest BCUT2D eigenvalue weighted by molar-refractivity contribution is 0.0977. The fraction of sp³-hybridized carbons (Fsp3) is 0.250. The minimum Gasteiger partial charge on any atom is -0.404 e. The minimum atomic E-state index is -0.374. The third kappa shape index (κ3) is 3.19. The summed E-state index contributed by atoms with van der Waals surface area (Å²) in [6.07, 6.45) is 1.53. The highest BCUT2D eigenvalue weighted by molar-refractivity contribution is 6.17. The largest absolute Gasteiger partial charge is 0.404 e. The third-order valence-electron chi connectivity index (χ3n) is 1.03. The number of aromatic nitrogens is 1. The molecule has 0 aliphatic carbocycles. The summed E-state index contributed by atoms with van der Waals surface area (Å²) in [5.74, 6) is -0.374. The van der Waals surface area contributed by atoms with Crippen LogP contribution in [0.2, 0.25) is 0 Å². The molecule has 0 aliphatic rings. The highest BCUT2D eigenvalue weighted by Crippen LogP contribution is 1.90. The molecule has 4 heteroatoms. The first-order valence-corrected chi connectivity index (χ1v) is 3.76. The Balaban J connectivity index is 0.000000561. The van der Waals surface area contributed by atoms with E-state index in [9.17, 15) is 4.79 Å². The first kappa shape index (κ1) is 10.7. The number of pyridine rings is 1. The summed E-state index contributed by atoms with van der Waals surface area (Å²) in [6, 6.07) is 5.03. The molecule has 0 bridgehead atoms. The van der Waals surface area contributed by atoms with Gasteiger partial charge >= 0.3 is 0 Å². The van der Waals surface area contributed by atoms with E-state index < -0.39 is 0 Å². The Morgan fingerprint density at radius 2 is 2.17 bits per heavy atom. The SMILES string of the molecule is CC.[B]NC(=O)c1ccccn1. The molecule has 0 atom stereocenters. The summed E-state index contributed by atoms with van der Waals surface area (Å²) in [7, 11) is 4.86. The number of carbonyl (C=O) groups excluding carboxylic acids is 1. The molecule has 12 heavy (non-hydrogen) atoms. The van der Waals surface area contributed by atoms with E-state index in [1.165, 1.54) is 6.20 Å². The second-order valence-electron chi connectivity index (χ2n) is 1.69. The van der Waals surface area contributed by atoms with Gasteiger partial charge in [0.15, 0.2) is 0 Å². The van der Waals surface area contributed by atoms with Crippen molar-refractivity contribution in [1.29, 1.82) is 0 Å². The van der Waals surface area contributed by atoms with Crippen molar-refractivity contribution in [2.75, 3.05) is 0 Å². The van der Waals surface area contributed by atoms with Crippen LogP contribution in [0, 0.1) is 0 Å². The van der Waals surface area contributed by atoms with Crippen LogP contribution in [0.25, 0.3) is 0 Å². The van der Waals surface area contributed by atoms with Crippen LogP contribution in [0.5, 0.6) is 0 Å². The topological polar surface area (TPSA) is 42.0 Å². The van der Waals surface area contributed by atoms with Gasteiger partial charge in [-0.3, -0.25) is 9.78 Å². The van der Waals surface area contributed by atoms with Crippen LogP contribution in [-0.2, 0) is 0 Å². The van der Waals surface area contributed by atoms with Crippen molar-refractivity contribution in [3.8, 4) is 0 Å². The number of amides is 1. The van der Waals surface area contributed by atoms with Crippen LogP contribution in [-0.4, -0.2) is 18.9 Å². The zero-order chi connectivity index (χ0) is 9.40. The average Bonchev–Trinajstić information content (AvgIpc) is 2.21. The summed E-state index contributed by atoms with van der Waals surface area (Å²) in [4.78, 5) is 14.5. The highest BCUT2D eigenvalue weighted by Gasteiger charge is 1.99. The Morgan fingerprint density at radius 3 is 2.58 bits per heavy atom. The van der Waals surface area contributed by atoms with Gasteiger partial charge in [-0.25, -0.2) is 0 Å². The average molecular weight is 162 g/mol. The van der Waals surface area contributed by atoms with Crippen LogP contribution in [0.15, 0.2) is 24.4 Å². The predicted octanol–water partition coefficient (Wildman–Crippen LogP) is 0.921. The second kappa shape index (κ2) is 6.40. The van der Waals surface area contributed by atoms with Crippen LogP contribution in [0.3, 0.4) is 0 Å². The van der Waals surface area contributed by atoms with Crippen LogP contribution in [0.1, 0.15) is 24.3 Å². The van der Waals surface area contributed by atoms with Gasteiger partial charge in [0.2, 0.25) is 7.98 Å². The molecule has 1 amide bonds. The van der Waals surface area contributed by atoms with Crippen molar-refractivity contribution in [2.45, 2.75) is 13.8 Å². The first-order chi connectivity index (χ1) is 5.84. The molecular weight excluding hydrogens is 151 g/mol. The van der Waals surface area contributed by atoms with Gasteiger partial charge < -0.3 is 5.23 Å². The van der Waals surface area contributed by atoms with Crippen LogP contribution >= 0.6 is 0 Å². The number of rotatable bonds is 1. The maximum absolute atomic E-state index is 10.7. The Hall–Kier alpha value is -1.32. The predicted molar refractivity (Wildman–Crippen MR) is 48.8 cm³/mol. The molecular formula is C8H11BN2O. The van der Waals surface area contributed by atoms with E-state index in [0.717, 1.165) is 0 Å². The summed E-state index contributed by atoms with van der Waals surface area (Å²) < 4.78 is 0. The lowest BCUT2D eigenvalue weighted by atomic mass is 10.3. The molecule has 0 saturated heterocycles. The summed E-state index contributed by atoms with van der Waals surface area (Å²) in [5.41, 5.74) is 0.324. The maximum atomic E-state index is 10.7. The van der Waals surface area contributed by atoms with Crippen LogP contribution < -0.4 is 5.23 Å². The molecule has 1 aromatic rings. The van der Waals surface area contributed by atoms with Gasteiger partial charge in [-0.2, -0.15) is 0 Å². The molecule has 0 fully saturated rings. The van der Waals surface area contributed by atoms with Gasteiger partial charge in [-0.1, -0.05) is 19.9 Å². The molecule has 0 aliphatic heterocycles. The van der Waals surface area contributed by atoms with Gasteiger partial charge in [0.1, 0.15) is 5.69 Å². The van der Waals surface area contributed by atoms with Gasteiger partial charge in [0, 0.05) is 6.20 Å². The second-order valence-corrected chi connectivity index (χ2v) is 1.69. The van der Waals surface area contributed by atoms with Gasteiger partial charge in [0.25, 0.3) is 5.91 Å². The smallest absolute Gasteiger partial charge is 0.257 e. The number of nitrogens with one attached hydrogen (secondary N) is 1. The van der Waals surface area contributed by atoms with E-state index >= 15 is 0 Å². The Morgan fingerprint density at radius 1 is 1.50 bits per heavy atom. The van der Waals surface area contributed by atoms with Crippen molar-refractivity contribution in [2.24, 2.45) is 0 Å². The molecule has 0 aromatic carbocycles. The zero-order valence-electron chi connectivity index (χ0n) is 7.24. The molecule has 1 heterocycles. The van der Waals surface area contributed by atoms with Crippen molar-refractivity contribution in [1.82, 2.24) is 10.2 Å². The van der Waals surface area contributed by atoms with Gasteiger partial charge in [-0.15, -0.1) is 0 Å². The third-order valence-corrected chi connectivity index (χ3v) is 1.03. The normalized spacial score (nSPS) is 7.83. The zero-order valence-corrected chi connectivity index (χ0v) is 7.24. The maximum Gasteiger partial charge on any atom is 0.257 e. The molecule has 1 N–H and O–H groups in total. The first-order valence-electron chi connectivity index (χ1n) is 3.76. The Labute approximate surface area is 73.6 Å². The van der Waals surface area contributed by atoms with Crippen molar-refractivity contribution in [3.05, 3.63) is 30.1 Å². The van der Waals surface area contributed by atoms with Crippen LogP contribution in [0.4, 0.5) is 0 Å². The van der Waals surface area contributed by atoms with E-state index in [1.54, 1.807) is 18.2 Å². The number of nitrogens with zero attached hydrogens (tertiary/aromatic N) is 1. The molecule has 1 rings (SSSR count). The van der Waals surface area contributed by atoms with E-state index in [0.29, 0.717) is 5.69 Å². The van der Waals surface area contributed by atoms with Gasteiger partial charge in [-0.05, 0) is 12.1 Å². The fourth-order valence-electron chi connectivity index (χ4n) is 0.571. The standard InChI is InChI=1S/C6H5BN2O.C2H6/c7-9-6(10)5-3-1-2-4-8-5;1-2/h1-4H,(H,9,10);1-2H3. The summed E-state index contributed by atoms with van der Waals surface area (Å²) in [5, 5.41) is 1.98. The monoisotopic (exact) mass is 162 g/mol. The Kier molecular flexibility index (Phi) is 5.70. The number of carbonyl (C=O) groups is 1.